The molecule has 7 heteroatoms. The van der Waals surface area contributed by atoms with Crippen molar-refractivity contribution in [3.8, 4) is 0 Å². The Bertz CT molecular complexity index is 398. The molecule has 0 spiro atoms. The summed E-state index contributed by atoms with van der Waals surface area (Å²) in [5.41, 5.74) is -0.641. The van der Waals surface area contributed by atoms with Gasteiger partial charge in [-0.25, -0.2) is 9.59 Å². The molecule has 2 atom stereocenters. The number of hydrogen-bond donors (Lipinski definition) is 3. The van der Waals surface area contributed by atoms with Gasteiger partial charge in [0, 0.05) is 12.1 Å². The molecule has 0 heterocycles. The summed E-state index contributed by atoms with van der Waals surface area (Å²) in [6.45, 7) is 8.28. The van der Waals surface area contributed by atoms with Gasteiger partial charge < -0.3 is 20.5 Å². The molecular formula is C13H22N2O5. The van der Waals surface area contributed by atoms with Crippen LogP contribution in [0.1, 0.15) is 34.6 Å². The van der Waals surface area contributed by atoms with Crippen molar-refractivity contribution < 1.29 is 24.2 Å². The van der Waals surface area contributed by atoms with E-state index >= 15 is 0 Å². The lowest BCUT2D eigenvalue weighted by Gasteiger charge is -2.22. The van der Waals surface area contributed by atoms with Gasteiger partial charge in [-0.1, -0.05) is 6.08 Å². The lowest BCUT2D eigenvalue weighted by Crippen LogP contribution is -2.48. The highest BCUT2D eigenvalue weighted by molar-refractivity contribution is 5.86. The molecule has 0 saturated heterocycles. The molecule has 0 rings (SSSR count). The van der Waals surface area contributed by atoms with E-state index in [1.54, 1.807) is 27.7 Å². The summed E-state index contributed by atoms with van der Waals surface area (Å²) >= 11 is 0. The third-order valence-corrected chi connectivity index (χ3v) is 2.02. The first-order chi connectivity index (χ1) is 9.01. The fraction of sp³-hybridized carbons (Fsp3) is 0.615. The van der Waals surface area contributed by atoms with Crippen molar-refractivity contribution in [2.24, 2.45) is 0 Å². The molecule has 0 aromatic carbocycles. The molecule has 7 nitrogen and oxygen atoms in total. The number of carbonyl (C=O) groups is 3. The number of amides is 2. The van der Waals surface area contributed by atoms with Crippen molar-refractivity contribution in [1.29, 1.82) is 0 Å². The first-order valence-electron chi connectivity index (χ1n) is 6.22. The van der Waals surface area contributed by atoms with Gasteiger partial charge in [0.25, 0.3) is 0 Å². The van der Waals surface area contributed by atoms with Crippen molar-refractivity contribution >= 4 is 18.0 Å². The quantitative estimate of drug-likeness (QED) is 0.655. The van der Waals surface area contributed by atoms with Crippen LogP contribution in [0.2, 0.25) is 0 Å². The summed E-state index contributed by atoms with van der Waals surface area (Å²) in [7, 11) is 0. The predicted molar refractivity (Wildman–Crippen MR) is 73.2 cm³/mol. The normalized spacial score (nSPS) is 14.4. The van der Waals surface area contributed by atoms with E-state index < -0.39 is 35.7 Å². The molecule has 0 bridgehead atoms. The lowest BCUT2D eigenvalue weighted by molar-refractivity contribution is -0.131. The molecule has 2 unspecified atom stereocenters. The zero-order valence-corrected chi connectivity index (χ0v) is 12.4. The van der Waals surface area contributed by atoms with Crippen LogP contribution < -0.4 is 10.6 Å². The van der Waals surface area contributed by atoms with Crippen LogP contribution in [0.15, 0.2) is 12.2 Å². The largest absolute Gasteiger partial charge is 0.478 e. The smallest absolute Gasteiger partial charge is 0.408 e. The van der Waals surface area contributed by atoms with Crippen LogP contribution >= 0.6 is 0 Å². The van der Waals surface area contributed by atoms with Crippen molar-refractivity contribution in [2.45, 2.75) is 52.3 Å². The van der Waals surface area contributed by atoms with E-state index in [9.17, 15) is 14.4 Å². The Morgan fingerprint density at radius 2 is 1.70 bits per heavy atom. The molecule has 0 aromatic rings. The SMILES string of the molecule is CC(C=CC(=O)O)NC(=O)C(C)NC(=O)OC(C)(C)C. The number of rotatable bonds is 5. The van der Waals surface area contributed by atoms with Gasteiger partial charge in [0.15, 0.2) is 0 Å². The zero-order valence-electron chi connectivity index (χ0n) is 12.4. The Hall–Kier alpha value is -2.05. The highest BCUT2D eigenvalue weighted by atomic mass is 16.6. The number of carbonyl (C=O) groups excluding carboxylic acids is 2. The highest BCUT2D eigenvalue weighted by Crippen LogP contribution is 2.06. The number of ether oxygens (including phenoxy) is 1. The fourth-order valence-corrected chi connectivity index (χ4v) is 1.17. The second kappa shape index (κ2) is 7.52. The maximum atomic E-state index is 11.7. The zero-order chi connectivity index (χ0) is 15.9. The molecule has 0 aliphatic rings. The molecular weight excluding hydrogens is 264 g/mol. The first-order valence-corrected chi connectivity index (χ1v) is 6.22. The number of nitrogens with one attached hydrogen (secondary N) is 2. The standard InChI is InChI=1S/C13H22N2O5/c1-8(6-7-10(16)17)14-11(18)9(2)15-12(19)20-13(3,4)5/h6-9H,1-5H3,(H,14,18)(H,15,19)(H,16,17). The lowest BCUT2D eigenvalue weighted by atomic mass is 10.2. The highest BCUT2D eigenvalue weighted by Gasteiger charge is 2.21. The number of aliphatic carboxylic acids is 1. The summed E-state index contributed by atoms with van der Waals surface area (Å²) in [5.74, 6) is -1.52. The van der Waals surface area contributed by atoms with Crippen LogP contribution in [-0.2, 0) is 14.3 Å². The Morgan fingerprint density at radius 1 is 1.15 bits per heavy atom. The van der Waals surface area contributed by atoms with Crippen LogP contribution in [0, 0.1) is 0 Å². The van der Waals surface area contributed by atoms with Crippen LogP contribution in [-0.4, -0.2) is 40.8 Å². The summed E-state index contributed by atoms with van der Waals surface area (Å²) in [5, 5.41) is 13.4. The fourth-order valence-electron chi connectivity index (χ4n) is 1.17. The van der Waals surface area contributed by atoms with E-state index in [1.165, 1.54) is 13.0 Å². The summed E-state index contributed by atoms with van der Waals surface area (Å²) in [6.07, 6.45) is 1.59. The molecule has 2 amide bonds. The molecule has 3 N–H and O–H groups in total. The monoisotopic (exact) mass is 286 g/mol. The molecule has 0 radical (unpaired) electrons. The first kappa shape index (κ1) is 17.9. The van der Waals surface area contributed by atoms with E-state index in [0.717, 1.165) is 6.08 Å². The van der Waals surface area contributed by atoms with Gasteiger partial charge in [-0.2, -0.15) is 0 Å². The van der Waals surface area contributed by atoms with Gasteiger partial charge in [0.1, 0.15) is 11.6 Å². The van der Waals surface area contributed by atoms with Crippen LogP contribution in [0.25, 0.3) is 0 Å². The van der Waals surface area contributed by atoms with Crippen molar-refractivity contribution in [2.75, 3.05) is 0 Å². The molecule has 0 aromatic heterocycles. The van der Waals surface area contributed by atoms with Gasteiger partial charge in [0.05, 0.1) is 0 Å². The van der Waals surface area contributed by atoms with Crippen LogP contribution in [0.3, 0.4) is 0 Å². The van der Waals surface area contributed by atoms with E-state index in [4.69, 9.17) is 9.84 Å². The third kappa shape index (κ3) is 8.96. The number of alkyl carbamates (subject to hydrolysis) is 1. The summed E-state index contributed by atoms with van der Waals surface area (Å²) < 4.78 is 5.02. The number of hydrogen-bond acceptors (Lipinski definition) is 4. The van der Waals surface area contributed by atoms with Crippen molar-refractivity contribution in [3.05, 3.63) is 12.2 Å². The molecule has 0 aliphatic carbocycles. The second-order valence-electron chi connectivity index (χ2n) is 5.36. The van der Waals surface area contributed by atoms with Crippen molar-refractivity contribution in [1.82, 2.24) is 10.6 Å². The summed E-state index contributed by atoms with van der Waals surface area (Å²) in [4.78, 5) is 33.5. The van der Waals surface area contributed by atoms with Crippen LogP contribution in [0.5, 0.6) is 0 Å². The number of carboxylic acids is 1. The van der Waals surface area contributed by atoms with Gasteiger partial charge in [-0.3, -0.25) is 4.79 Å². The Kier molecular flexibility index (Phi) is 6.75. The predicted octanol–water partition coefficient (Wildman–Crippen LogP) is 1.05. The molecule has 0 fully saturated rings. The topological polar surface area (TPSA) is 105 Å². The maximum absolute atomic E-state index is 11.7. The van der Waals surface area contributed by atoms with E-state index in [-0.39, 0.29) is 0 Å². The molecule has 20 heavy (non-hydrogen) atoms. The Morgan fingerprint density at radius 3 is 2.15 bits per heavy atom. The summed E-state index contributed by atoms with van der Waals surface area (Å²) in [6, 6.07) is -1.24. The van der Waals surface area contributed by atoms with E-state index in [0.29, 0.717) is 0 Å². The minimum atomic E-state index is -1.09. The third-order valence-electron chi connectivity index (χ3n) is 2.02. The Labute approximate surface area is 118 Å². The van der Waals surface area contributed by atoms with Gasteiger partial charge in [-0.15, -0.1) is 0 Å². The molecule has 0 aliphatic heterocycles. The van der Waals surface area contributed by atoms with Gasteiger partial charge >= 0.3 is 12.1 Å². The maximum Gasteiger partial charge on any atom is 0.408 e. The van der Waals surface area contributed by atoms with Gasteiger partial charge in [-0.05, 0) is 34.6 Å². The van der Waals surface area contributed by atoms with E-state index in [1.807, 2.05) is 0 Å². The average molecular weight is 286 g/mol. The second-order valence-corrected chi connectivity index (χ2v) is 5.36. The molecule has 0 saturated carbocycles. The number of carboxylic acid groups (broad SMARTS) is 1. The molecule has 114 valence electrons. The van der Waals surface area contributed by atoms with Crippen molar-refractivity contribution in [3.63, 3.8) is 0 Å². The Balaban J connectivity index is 4.28. The van der Waals surface area contributed by atoms with E-state index in [2.05, 4.69) is 10.6 Å². The van der Waals surface area contributed by atoms with Gasteiger partial charge in [0.2, 0.25) is 5.91 Å². The average Bonchev–Trinajstić information content (AvgIpc) is 2.23. The van der Waals surface area contributed by atoms with Crippen LogP contribution in [0.4, 0.5) is 4.79 Å². The minimum absolute atomic E-state index is 0.432. The minimum Gasteiger partial charge on any atom is -0.478 e.